The molecule has 10 heteroatoms. The van der Waals surface area contributed by atoms with Gasteiger partial charge >= 0.3 is 6.01 Å². The van der Waals surface area contributed by atoms with Crippen molar-refractivity contribution in [3.8, 4) is 28.7 Å². The molecule has 0 unspecified atom stereocenters. The number of nitrogens with zero attached hydrogens (tertiary/aromatic N) is 3. The highest BCUT2D eigenvalue weighted by atomic mass is 32.1. The summed E-state index contributed by atoms with van der Waals surface area (Å²) in [6, 6.07) is 6.21. The molecule has 0 aliphatic carbocycles. The first kappa shape index (κ1) is 25.2. The maximum Gasteiger partial charge on any atom is 0.323 e. The van der Waals surface area contributed by atoms with Gasteiger partial charge in [-0.15, -0.1) is 0 Å². The lowest BCUT2D eigenvalue weighted by Crippen LogP contribution is -2.15. The van der Waals surface area contributed by atoms with Crippen LogP contribution in [0.1, 0.15) is 55.7 Å². The van der Waals surface area contributed by atoms with Crippen LogP contribution in [0.2, 0.25) is 0 Å². The maximum atomic E-state index is 12.9. The first-order valence-corrected chi connectivity index (χ1v) is 11.7. The Hall–Kier alpha value is -3.40. The monoisotopic (exact) mass is 486 g/mol. The summed E-state index contributed by atoms with van der Waals surface area (Å²) in [5.41, 5.74) is 2.47. The molecule has 0 spiro atoms. The number of hydrogen-bond acceptors (Lipinski definition) is 9. The van der Waals surface area contributed by atoms with Crippen molar-refractivity contribution in [3.05, 3.63) is 40.4 Å². The molecule has 0 aliphatic rings. The van der Waals surface area contributed by atoms with Gasteiger partial charge in [-0.1, -0.05) is 51.2 Å². The molecule has 0 fully saturated rings. The minimum atomic E-state index is -0.478. The maximum absolute atomic E-state index is 12.9. The Labute approximate surface area is 203 Å². The average Bonchev–Trinajstić information content (AvgIpc) is 3.27. The third-order valence-corrected chi connectivity index (χ3v) is 5.57. The largest absolute Gasteiger partial charge is 0.479 e. The van der Waals surface area contributed by atoms with Crippen molar-refractivity contribution in [3.63, 3.8) is 0 Å². The van der Waals surface area contributed by atoms with Gasteiger partial charge in [-0.2, -0.15) is 15.0 Å². The van der Waals surface area contributed by atoms with Crippen LogP contribution in [-0.4, -0.2) is 41.7 Å². The van der Waals surface area contributed by atoms with Crippen LogP contribution >= 0.6 is 11.3 Å². The summed E-state index contributed by atoms with van der Waals surface area (Å²) in [5.74, 6) is 0.460. The molecule has 1 amide bonds. The number of rotatable bonds is 9. The van der Waals surface area contributed by atoms with Crippen LogP contribution in [0, 0.1) is 6.92 Å². The van der Waals surface area contributed by atoms with Crippen molar-refractivity contribution >= 4 is 22.9 Å². The molecule has 0 aliphatic heterocycles. The van der Waals surface area contributed by atoms with Gasteiger partial charge in [-0.05, 0) is 36.0 Å². The van der Waals surface area contributed by atoms with Crippen LogP contribution in [0.15, 0.2) is 23.6 Å². The van der Waals surface area contributed by atoms with Crippen LogP contribution < -0.4 is 24.3 Å². The molecule has 0 atom stereocenters. The van der Waals surface area contributed by atoms with Crippen LogP contribution in [-0.2, 0) is 5.41 Å². The predicted molar refractivity (Wildman–Crippen MR) is 131 cm³/mol. The van der Waals surface area contributed by atoms with Crippen LogP contribution in [0.25, 0.3) is 0 Å². The molecule has 34 heavy (non-hydrogen) atoms. The van der Waals surface area contributed by atoms with E-state index in [1.54, 1.807) is 5.38 Å². The van der Waals surface area contributed by atoms with Gasteiger partial charge in [-0.3, -0.25) is 4.79 Å². The number of amides is 1. The van der Waals surface area contributed by atoms with Gasteiger partial charge in [0, 0.05) is 5.38 Å². The Morgan fingerprint density at radius 2 is 1.76 bits per heavy atom. The highest BCUT2D eigenvalue weighted by molar-refractivity contribution is 7.11. The molecule has 3 aromatic rings. The van der Waals surface area contributed by atoms with Gasteiger partial charge in [0.2, 0.25) is 11.8 Å². The molecule has 1 N–H and O–H groups in total. The lowest BCUT2D eigenvalue weighted by Gasteiger charge is -2.20. The number of carbonyl (C=O) groups is 1. The summed E-state index contributed by atoms with van der Waals surface area (Å²) in [6.07, 6.45) is 0.792. The Kier molecular flexibility index (Phi) is 7.93. The zero-order chi connectivity index (χ0) is 24.9. The van der Waals surface area contributed by atoms with E-state index in [1.807, 2.05) is 26.0 Å². The van der Waals surface area contributed by atoms with Crippen LogP contribution in [0.5, 0.6) is 28.7 Å². The normalized spacial score (nSPS) is 11.1. The van der Waals surface area contributed by atoms with Gasteiger partial charge in [0.15, 0.2) is 5.69 Å². The van der Waals surface area contributed by atoms with Crippen molar-refractivity contribution in [1.82, 2.24) is 15.0 Å². The molecule has 9 nitrogen and oxygen atoms in total. The third kappa shape index (κ3) is 5.93. The minimum absolute atomic E-state index is 0.0168. The average molecular weight is 487 g/mol. The summed E-state index contributed by atoms with van der Waals surface area (Å²) < 4.78 is 22.1. The van der Waals surface area contributed by atoms with Gasteiger partial charge in [0.25, 0.3) is 11.1 Å². The number of aryl methyl sites for hydroxylation is 1. The van der Waals surface area contributed by atoms with Crippen molar-refractivity contribution in [1.29, 1.82) is 0 Å². The SMILES string of the molecule is CCCOc1nc(OC)c(NC(=O)c2csc(Oc3cc(C(C)(C)C)ccc3C)n2)c(OC)n1. The zero-order valence-corrected chi connectivity index (χ0v) is 21.3. The summed E-state index contributed by atoms with van der Waals surface area (Å²) in [5, 5.41) is 4.69. The number of nitrogens with one attached hydrogen (secondary N) is 1. The Morgan fingerprint density at radius 3 is 2.35 bits per heavy atom. The highest BCUT2D eigenvalue weighted by Gasteiger charge is 2.22. The topological polar surface area (TPSA) is 105 Å². The smallest absolute Gasteiger partial charge is 0.323 e. The second-order valence-electron chi connectivity index (χ2n) is 8.53. The third-order valence-electron chi connectivity index (χ3n) is 4.85. The summed E-state index contributed by atoms with van der Waals surface area (Å²) >= 11 is 1.23. The number of anilines is 1. The molecular weight excluding hydrogens is 456 g/mol. The number of thiazole rings is 1. The van der Waals surface area contributed by atoms with Crippen molar-refractivity contribution in [2.24, 2.45) is 0 Å². The molecular formula is C24H30N4O5S. The first-order chi connectivity index (χ1) is 16.2. The van der Waals surface area contributed by atoms with Crippen molar-refractivity contribution in [2.75, 3.05) is 26.1 Å². The number of benzene rings is 1. The Morgan fingerprint density at radius 1 is 1.09 bits per heavy atom. The predicted octanol–water partition coefficient (Wildman–Crippen LogP) is 5.39. The van der Waals surface area contributed by atoms with Gasteiger partial charge in [-0.25, -0.2) is 0 Å². The molecule has 2 aromatic heterocycles. The fourth-order valence-corrected chi connectivity index (χ4v) is 3.58. The fourth-order valence-electron chi connectivity index (χ4n) is 2.92. The summed E-state index contributed by atoms with van der Waals surface area (Å²) in [4.78, 5) is 25.6. The van der Waals surface area contributed by atoms with E-state index < -0.39 is 5.91 Å². The number of carbonyl (C=O) groups excluding carboxylic acids is 1. The van der Waals surface area contributed by atoms with E-state index in [2.05, 4.69) is 47.1 Å². The minimum Gasteiger partial charge on any atom is -0.479 e. The van der Waals surface area contributed by atoms with Crippen LogP contribution in [0.4, 0.5) is 5.69 Å². The van der Waals surface area contributed by atoms with E-state index in [-0.39, 0.29) is 34.6 Å². The number of hydrogen-bond donors (Lipinski definition) is 1. The molecule has 3 rings (SSSR count). The molecule has 0 bridgehead atoms. The first-order valence-electron chi connectivity index (χ1n) is 10.8. The fraction of sp³-hybridized carbons (Fsp3) is 0.417. The van der Waals surface area contributed by atoms with E-state index in [9.17, 15) is 4.79 Å². The lowest BCUT2D eigenvalue weighted by molar-refractivity contribution is 0.102. The van der Waals surface area contributed by atoms with E-state index in [0.29, 0.717) is 17.6 Å². The summed E-state index contributed by atoms with van der Waals surface area (Å²) in [7, 11) is 2.87. The van der Waals surface area contributed by atoms with Gasteiger partial charge < -0.3 is 24.3 Å². The van der Waals surface area contributed by atoms with Crippen LogP contribution in [0.3, 0.4) is 0 Å². The standard InChI is InChI=1S/C24H30N4O5S/c1-8-11-32-22-27-20(30-6)18(21(28-22)31-7)26-19(29)16-13-34-23(25-16)33-17-12-15(24(3,4)5)10-9-14(17)2/h9-10,12-13H,8,11H2,1-7H3,(H,26,29). The van der Waals surface area contributed by atoms with Crippen molar-refractivity contribution in [2.45, 2.75) is 46.5 Å². The second-order valence-corrected chi connectivity index (χ2v) is 9.35. The number of ether oxygens (including phenoxy) is 4. The Bertz CT molecular complexity index is 1130. The van der Waals surface area contributed by atoms with E-state index in [0.717, 1.165) is 17.5 Å². The highest BCUT2D eigenvalue weighted by Crippen LogP contribution is 2.35. The molecule has 0 radical (unpaired) electrons. The van der Waals surface area contributed by atoms with E-state index >= 15 is 0 Å². The van der Waals surface area contributed by atoms with Crippen molar-refractivity contribution < 1.29 is 23.7 Å². The molecule has 182 valence electrons. The molecule has 1 aromatic carbocycles. The number of methoxy groups -OCH3 is 2. The van der Waals surface area contributed by atoms with E-state index in [1.165, 1.54) is 25.6 Å². The summed E-state index contributed by atoms with van der Waals surface area (Å²) in [6.45, 7) is 10.8. The number of aromatic nitrogens is 3. The zero-order valence-electron chi connectivity index (χ0n) is 20.5. The quantitative estimate of drug-likeness (QED) is 0.429. The second kappa shape index (κ2) is 10.7. The lowest BCUT2D eigenvalue weighted by atomic mass is 9.86. The molecule has 0 saturated heterocycles. The van der Waals surface area contributed by atoms with Gasteiger partial charge in [0.1, 0.15) is 11.4 Å². The Balaban J connectivity index is 1.80. The van der Waals surface area contributed by atoms with Gasteiger partial charge in [0.05, 0.1) is 20.8 Å². The molecule has 0 saturated carbocycles. The molecule has 2 heterocycles. The van der Waals surface area contributed by atoms with E-state index in [4.69, 9.17) is 18.9 Å².